The Labute approximate surface area is 159 Å². The van der Waals surface area contributed by atoms with Gasteiger partial charge in [-0.15, -0.1) is 0 Å². The lowest BCUT2D eigenvalue weighted by atomic mass is 10.1. The molecule has 4 aromatic rings. The Balaban J connectivity index is 1.61. The van der Waals surface area contributed by atoms with Gasteiger partial charge in [-0.3, -0.25) is 9.78 Å². The number of nitrogens with zero attached hydrogens (tertiary/aromatic N) is 4. The molecule has 8 heteroatoms. The van der Waals surface area contributed by atoms with E-state index in [-0.39, 0.29) is 11.6 Å². The molecule has 0 aliphatic heterocycles. The van der Waals surface area contributed by atoms with Crippen molar-refractivity contribution in [2.75, 3.05) is 12.4 Å². The highest BCUT2D eigenvalue weighted by atomic mass is 19.1. The van der Waals surface area contributed by atoms with Crippen LogP contribution in [-0.4, -0.2) is 32.8 Å². The summed E-state index contributed by atoms with van der Waals surface area (Å²) in [5.41, 5.74) is 2.29. The van der Waals surface area contributed by atoms with Crippen molar-refractivity contribution in [3.63, 3.8) is 0 Å². The Bertz CT molecular complexity index is 1170. The summed E-state index contributed by atoms with van der Waals surface area (Å²) in [7, 11) is 1.59. The van der Waals surface area contributed by atoms with Gasteiger partial charge in [-0.05, 0) is 43.3 Å². The van der Waals surface area contributed by atoms with Crippen LogP contribution in [0.25, 0.3) is 16.6 Å². The smallest absolute Gasteiger partial charge is 0.257 e. The van der Waals surface area contributed by atoms with E-state index in [1.165, 1.54) is 29.5 Å². The molecule has 0 saturated carbocycles. The van der Waals surface area contributed by atoms with Crippen LogP contribution in [0.15, 0.2) is 55.1 Å². The topological polar surface area (TPSA) is 81.9 Å². The second-order valence-electron chi connectivity index (χ2n) is 6.14. The Morgan fingerprint density at radius 3 is 2.75 bits per heavy atom. The van der Waals surface area contributed by atoms with Crippen molar-refractivity contribution in [1.29, 1.82) is 0 Å². The van der Waals surface area contributed by atoms with Crippen LogP contribution < -0.4 is 10.1 Å². The monoisotopic (exact) mass is 377 g/mol. The average Bonchev–Trinajstić information content (AvgIpc) is 3.21. The number of aromatic nitrogens is 4. The van der Waals surface area contributed by atoms with E-state index in [9.17, 15) is 9.18 Å². The lowest BCUT2D eigenvalue weighted by Gasteiger charge is -2.11. The minimum atomic E-state index is -0.524. The fraction of sp³-hybridized carbons (Fsp3) is 0.100. The molecule has 0 spiro atoms. The number of hydrogen-bond acceptors (Lipinski definition) is 5. The number of pyridine rings is 1. The number of aryl methyl sites for hydroxylation is 1. The van der Waals surface area contributed by atoms with E-state index in [4.69, 9.17) is 4.74 Å². The molecule has 7 nitrogen and oxygen atoms in total. The van der Waals surface area contributed by atoms with Crippen molar-refractivity contribution < 1.29 is 13.9 Å². The number of fused-ring (bicyclic) bond motifs is 1. The van der Waals surface area contributed by atoms with Gasteiger partial charge in [0.2, 0.25) is 0 Å². The largest absolute Gasteiger partial charge is 0.497 e. The maximum absolute atomic E-state index is 14.4. The van der Waals surface area contributed by atoms with E-state index in [1.54, 1.807) is 32.2 Å². The van der Waals surface area contributed by atoms with Gasteiger partial charge in [-0.2, -0.15) is 5.10 Å². The van der Waals surface area contributed by atoms with Crippen molar-refractivity contribution in [2.45, 2.75) is 6.92 Å². The molecule has 28 heavy (non-hydrogen) atoms. The lowest BCUT2D eigenvalue weighted by Crippen LogP contribution is -2.14. The first-order valence-corrected chi connectivity index (χ1v) is 8.46. The second-order valence-corrected chi connectivity index (χ2v) is 6.14. The minimum Gasteiger partial charge on any atom is -0.497 e. The third kappa shape index (κ3) is 3.27. The molecule has 1 N–H and O–H groups in total. The number of amides is 1. The van der Waals surface area contributed by atoms with Gasteiger partial charge in [-0.1, -0.05) is 0 Å². The van der Waals surface area contributed by atoms with Gasteiger partial charge in [0.1, 0.15) is 24.1 Å². The molecule has 0 unspecified atom stereocenters. The van der Waals surface area contributed by atoms with Crippen molar-refractivity contribution in [3.05, 3.63) is 72.2 Å². The number of methoxy groups -OCH3 is 1. The van der Waals surface area contributed by atoms with Crippen LogP contribution in [0.2, 0.25) is 0 Å². The highest BCUT2D eigenvalue weighted by Gasteiger charge is 2.14. The fourth-order valence-electron chi connectivity index (χ4n) is 2.90. The molecule has 2 aromatic carbocycles. The normalized spacial score (nSPS) is 10.8. The van der Waals surface area contributed by atoms with E-state index in [1.807, 2.05) is 12.1 Å². The zero-order valence-electron chi connectivity index (χ0n) is 15.2. The summed E-state index contributed by atoms with van der Waals surface area (Å²) in [6, 6.07) is 11.6. The first-order valence-electron chi connectivity index (χ1n) is 8.46. The highest BCUT2D eigenvalue weighted by Crippen LogP contribution is 2.23. The van der Waals surface area contributed by atoms with Crippen LogP contribution in [-0.2, 0) is 0 Å². The molecular weight excluding hydrogens is 361 g/mol. The third-order valence-electron chi connectivity index (χ3n) is 4.33. The van der Waals surface area contributed by atoms with Crippen molar-refractivity contribution >= 4 is 22.5 Å². The number of carbonyl (C=O) groups is 1. The highest BCUT2D eigenvalue weighted by molar-refractivity contribution is 6.06. The van der Waals surface area contributed by atoms with Crippen LogP contribution in [0.1, 0.15) is 16.1 Å². The van der Waals surface area contributed by atoms with Crippen LogP contribution in [0.5, 0.6) is 5.75 Å². The molecule has 0 aliphatic rings. The number of nitrogens with one attached hydrogen (secondary N) is 1. The number of anilines is 1. The second kappa shape index (κ2) is 7.07. The van der Waals surface area contributed by atoms with E-state index >= 15 is 0 Å². The molecule has 140 valence electrons. The van der Waals surface area contributed by atoms with Gasteiger partial charge in [0.25, 0.3) is 5.91 Å². The van der Waals surface area contributed by atoms with Crippen molar-refractivity contribution in [1.82, 2.24) is 19.7 Å². The molecule has 0 bridgehead atoms. The van der Waals surface area contributed by atoms with E-state index in [0.717, 1.165) is 10.9 Å². The predicted octanol–water partition coefficient (Wildman–Crippen LogP) is 3.52. The van der Waals surface area contributed by atoms with Crippen molar-refractivity contribution in [3.8, 4) is 11.4 Å². The Kier molecular flexibility index (Phi) is 4.44. The first kappa shape index (κ1) is 17.6. The zero-order valence-corrected chi connectivity index (χ0v) is 15.2. The standard InChI is InChI=1S/C20H16FN5O2/c1-12-16(7-13-3-5-15(28-2)9-18(13)24-12)20(27)25-14-4-6-19(17(21)8-14)26-11-22-10-23-26/h3-11H,1-2H3,(H,25,27). The maximum atomic E-state index is 14.4. The molecule has 2 heterocycles. The maximum Gasteiger partial charge on any atom is 0.257 e. The summed E-state index contributed by atoms with van der Waals surface area (Å²) >= 11 is 0. The van der Waals surface area contributed by atoms with E-state index in [0.29, 0.717) is 22.7 Å². The Morgan fingerprint density at radius 2 is 2.04 bits per heavy atom. The number of ether oxygens (including phenoxy) is 1. The summed E-state index contributed by atoms with van der Waals surface area (Å²) in [5, 5.41) is 7.42. The van der Waals surface area contributed by atoms with Gasteiger partial charge in [0.05, 0.1) is 23.9 Å². The van der Waals surface area contributed by atoms with Gasteiger partial charge >= 0.3 is 0 Å². The third-order valence-corrected chi connectivity index (χ3v) is 4.33. The summed E-state index contributed by atoms with van der Waals surface area (Å²) in [6.07, 6.45) is 2.72. The number of halogens is 1. The average molecular weight is 377 g/mol. The predicted molar refractivity (Wildman–Crippen MR) is 102 cm³/mol. The molecule has 4 rings (SSSR count). The summed E-state index contributed by atoms with van der Waals surface area (Å²) in [5.74, 6) is -0.195. The SMILES string of the molecule is COc1ccc2cc(C(=O)Nc3ccc(-n4cncn4)c(F)c3)c(C)nc2c1. The molecule has 0 saturated heterocycles. The van der Waals surface area contributed by atoms with Crippen LogP contribution in [0.4, 0.5) is 10.1 Å². The number of hydrogen-bond donors (Lipinski definition) is 1. The number of rotatable bonds is 4. The first-order chi connectivity index (χ1) is 13.5. The van der Waals surface area contributed by atoms with Crippen molar-refractivity contribution in [2.24, 2.45) is 0 Å². The van der Waals surface area contributed by atoms with E-state index in [2.05, 4.69) is 20.4 Å². The molecule has 2 aromatic heterocycles. The van der Waals surface area contributed by atoms with E-state index < -0.39 is 5.82 Å². The van der Waals surface area contributed by atoms with Gasteiger partial charge in [-0.25, -0.2) is 14.1 Å². The Morgan fingerprint density at radius 1 is 1.18 bits per heavy atom. The van der Waals surface area contributed by atoms with Crippen LogP contribution in [0, 0.1) is 12.7 Å². The molecule has 0 aliphatic carbocycles. The lowest BCUT2D eigenvalue weighted by molar-refractivity contribution is 0.102. The summed E-state index contributed by atoms with van der Waals surface area (Å²) < 4.78 is 20.9. The molecule has 1 amide bonds. The fourth-order valence-corrected chi connectivity index (χ4v) is 2.90. The summed E-state index contributed by atoms with van der Waals surface area (Å²) in [4.78, 5) is 21.0. The number of carbonyl (C=O) groups excluding carboxylic acids is 1. The van der Waals surface area contributed by atoms with Crippen LogP contribution in [0.3, 0.4) is 0 Å². The molecule has 0 radical (unpaired) electrons. The summed E-state index contributed by atoms with van der Waals surface area (Å²) in [6.45, 7) is 1.75. The minimum absolute atomic E-state index is 0.244. The quantitative estimate of drug-likeness (QED) is 0.588. The molecular formula is C20H16FN5O2. The van der Waals surface area contributed by atoms with Crippen LogP contribution >= 0.6 is 0 Å². The van der Waals surface area contributed by atoms with Gasteiger partial charge in [0.15, 0.2) is 5.82 Å². The zero-order chi connectivity index (χ0) is 19.7. The number of benzene rings is 2. The molecule has 0 fully saturated rings. The molecule has 0 atom stereocenters. The Hall–Kier alpha value is -3.81. The van der Waals surface area contributed by atoms with Gasteiger partial charge < -0.3 is 10.1 Å². The van der Waals surface area contributed by atoms with Gasteiger partial charge in [0, 0.05) is 17.1 Å².